The number of carbonyl (C=O) groups excluding carboxylic acids is 1. The number of likely N-dealkylation sites (tertiary alicyclic amines) is 1. The van der Waals surface area contributed by atoms with Gasteiger partial charge >= 0.3 is 0 Å². The molecule has 116 valence electrons. The Morgan fingerprint density at radius 2 is 2.19 bits per heavy atom. The van der Waals surface area contributed by atoms with Gasteiger partial charge in [-0.25, -0.2) is 0 Å². The van der Waals surface area contributed by atoms with Crippen molar-refractivity contribution in [3.63, 3.8) is 0 Å². The third kappa shape index (κ3) is 4.10. The number of halogens is 2. The Morgan fingerprint density at radius 3 is 2.81 bits per heavy atom. The number of primary amides is 1. The van der Waals surface area contributed by atoms with Crippen LogP contribution >= 0.6 is 23.2 Å². The van der Waals surface area contributed by atoms with E-state index in [1.54, 1.807) is 18.2 Å². The zero-order valence-electron chi connectivity index (χ0n) is 11.9. The number of benzene rings is 1. The maximum Gasteiger partial charge on any atom is 0.221 e. The number of nitrogens with zero attached hydrogens (tertiary/aromatic N) is 1. The zero-order valence-corrected chi connectivity index (χ0v) is 13.4. The van der Waals surface area contributed by atoms with Crippen LogP contribution in [0.25, 0.3) is 0 Å². The fourth-order valence-corrected chi connectivity index (χ4v) is 3.29. The van der Waals surface area contributed by atoms with E-state index >= 15 is 0 Å². The molecule has 0 aliphatic carbocycles. The van der Waals surface area contributed by atoms with Gasteiger partial charge in [0, 0.05) is 34.7 Å². The van der Waals surface area contributed by atoms with E-state index in [0.717, 1.165) is 12.8 Å². The highest BCUT2D eigenvalue weighted by Crippen LogP contribution is 2.29. The van der Waals surface area contributed by atoms with Gasteiger partial charge in [0.15, 0.2) is 0 Å². The molecule has 0 saturated carbocycles. The summed E-state index contributed by atoms with van der Waals surface area (Å²) in [5, 5.41) is 11.4. The van der Waals surface area contributed by atoms with Gasteiger partial charge in [0.25, 0.3) is 0 Å². The molecule has 3 atom stereocenters. The Kier molecular flexibility index (Phi) is 5.49. The van der Waals surface area contributed by atoms with Crippen LogP contribution in [0.3, 0.4) is 0 Å². The summed E-state index contributed by atoms with van der Waals surface area (Å²) in [5.41, 5.74) is 6.04. The smallest absolute Gasteiger partial charge is 0.221 e. The molecule has 1 saturated heterocycles. The third-order valence-corrected chi connectivity index (χ3v) is 4.70. The molecule has 3 unspecified atom stereocenters. The molecular formula is C15H20Cl2N2O2. The maximum absolute atomic E-state index is 11.4. The van der Waals surface area contributed by atoms with Crippen molar-refractivity contribution in [1.29, 1.82) is 0 Å². The molecule has 1 fully saturated rings. The monoisotopic (exact) mass is 330 g/mol. The van der Waals surface area contributed by atoms with Gasteiger partial charge in [-0.3, -0.25) is 9.69 Å². The highest BCUT2D eigenvalue weighted by atomic mass is 35.5. The first-order valence-corrected chi connectivity index (χ1v) is 7.80. The quantitative estimate of drug-likeness (QED) is 0.891. The number of aliphatic hydroxyl groups excluding tert-OH is 1. The number of aliphatic hydroxyl groups is 1. The molecule has 6 heteroatoms. The summed E-state index contributed by atoms with van der Waals surface area (Å²) < 4.78 is 0. The second-order valence-electron chi connectivity index (χ2n) is 5.66. The number of β-amino-alcohol motifs (C(OH)–C–C–N with tert-alkyl or cyclic N) is 1. The van der Waals surface area contributed by atoms with Crippen molar-refractivity contribution >= 4 is 29.1 Å². The predicted octanol–water partition coefficient (Wildman–Crippen LogP) is 2.61. The van der Waals surface area contributed by atoms with Crippen molar-refractivity contribution in [2.45, 2.75) is 31.9 Å². The molecule has 0 spiro atoms. The molecule has 1 aromatic carbocycles. The molecule has 1 aliphatic rings. The van der Waals surface area contributed by atoms with Crippen molar-refractivity contribution in [3.05, 3.63) is 33.8 Å². The molecule has 1 aromatic rings. The number of piperidine rings is 1. The number of carbonyl (C=O) groups is 1. The topological polar surface area (TPSA) is 66.6 Å². The van der Waals surface area contributed by atoms with E-state index in [-0.39, 0.29) is 11.8 Å². The summed E-state index contributed by atoms with van der Waals surface area (Å²) in [4.78, 5) is 13.4. The molecule has 0 bridgehead atoms. The largest absolute Gasteiger partial charge is 0.387 e. The second-order valence-corrected chi connectivity index (χ2v) is 6.50. The summed E-state index contributed by atoms with van der Waals surface area (Å²) >= 11 is 12.0. The van der Waals surface area contributed by atoms with Crippen LogP contribution in [0.4, 0.5) is 0 Å². The zero-order chi connectivity index (χ0) is 15.6. The SMILES string of the molecule is CC1CCC(C(N)=O)CN1CC(O)c1ccc(Cl)cc1Cl. The first-order valence-electron chi connectivity index (χ1n) is 7.05. The Balaban J connectivity index is 2.06. The minimum atomic E-state index is -0.719. The van der Waals surface area contributed by atoms with E-state index < -0.39 is 6.10 Å². The van der Waals surface area contributed by atoms with Gasteiger partial charge in [-0.1, -0.05) is 29.3 Å². The van der Waals surface area contributed by atoms with Crippen LogP contribution in [-0.2, 0) is 4.79 Å². The number of hydrogen-bond acceptors (Lipinski definition) is 3. The minimum Gasteiger partial charge on any atom is -0.387 e. The van der Waals surface area contributed by atoms with Crippen LogP contribution in [0.2, 0.25) is 10.0 Å². The van der Waals surface area contributed by atoms with Crippen molar-refractivity contribution < 1.29 is 9.90 Å². The first kappa shape index (κ1) is 16.6. The lowest BCUT2D eigenvalue weighted by atomic mass is 9.92. The molecule has 1 amide bonds. The molecule has 0 radical (unpaired) electrons. The van der Waals surface area contributed by atoms with Crippen LogP contribution in [-0.4, -0.2) is 35.0 Å². The molecule has 21 heavy (non-hydrogen) atoms. The van der Waals surface area contributed by atoms with E-state index in [1.807, 2.05) is 0 Å². The number of amides is 1. The van der Waals surface area contributed by atoms with E-state index in [0.29, 0.717) is 34.7 Å². The van der Waals surface area contributed by atoms with Gasteiger partial charge in [-0.15, -0.1) is 0 Å². The van der Waals surface area contributed by atoms with Crippen LogP contribution in [0.5, 0.6) is 0 Å². The summed E-state index contributed by atoms with van der Waals surface area (Å²) in [5.74, 6) is -0.417. The van der Waals surface area contributed by atoms with E-state index in [2.05, 4.69) is 11.8 Å². The van der Waals surface area contributed by atoms with Crippen LogP contribution in [0.1, 0.15) is 31.4 Å². The normalized spacial score (nSPS) is 24.8. The minimum absolute atomic E-state index is 0.144. The van der Waals surface area contributed by atoms with Crippen LogP contribution in [0.15, 0.2) is 18.2 Å². The van der Waals surface area contributed by atoms with Crippen molar-refractivity contribution in [2.24, 2.45) is 11.7 Å². The van der Waals surface area contributed by atoms with E-state index in [1.165, 1.54) is 0 Å². The Morgan fingerprint density at radius 1 is 1.48 bits per heavy atom. The average Bonchev–Trinajstić information content (AvgIpc) is 2.40. The van der Waals surface area contributed by atoms with E-state index in [9.17, 15) is 9.90 Å². The lowest BCUT2D eigenvalue weighted by molar-refractivity contribution is -0.124. The fourth-order valence-electron chi connectivity index (χ4n) is 2.76. The molecule has 1 aliphatic heterocycles. The molecular weight excluding hydrogens is 311 g/mol. The number of hydrogen-bond donors (Lipinski definition) is 2. The third-order valence-electron chi connectivity index (χ3n) is 4.14. The highest BCUT2D eigenvalue weighted by Gasteiger charge is 2.30. The van der Waals surface area contributed by atoms with Crippen LogP contribution in [0, 0.1) is 5.92 Å². The Labute approximate surface area is 134 Å². The standard InChI is InChI=1S/C15H20Cl2N2O2/c1-9-2-3-10(15(18)21)7-19(9)8-14(20)12-5-4-11(16)6-13(12)17/h4-6,9-10,14,20H,2-3,7-8H2,1H3,(H2,18,21). The van der Waals surface area contributed by atoms with Gasteiger partial charge in [0.1, 0.15) is 0 Å². The predicted molar refractivity (Wildman–Crippen MR) is 84.4 cm³/mol. The van der Waals surface area contributed by atoms with Gasteiger partial charge in [0.2, 0.25) is 5.91 Å². The van der Waals surface area contributed by atoms with Crippen LogP contribution < -0.4 is 5.73 Å². The van der Waals surface area contributed by atoms with Crippen molar-refractivity contribution in [3.8, 4) is 0 Å². The van der Waals surface area contributed by atoms with E-state index in [4.69, 9.17) is 28.9 Å². The van der Waals surface area contributed by atoms with Gasteiger partial charge in [-0.2, -0.15) is 0 Å². The number of rotatable bonds is 4. The van der Waals surface area contributed by atoms with Gasteiger partial charge < -0.3 is 10.8 Å². The number of nitrogens with two attached hydrogens (primary N) is 1. The molecule has 4 nitrogen and oxygen atoms in total. The summed E-state index contributed by atoms with van der Waals surface area (Å²) in [6.07, 6.45) is 0.989. The summed E-state index contributed by atoms with van der Waals surface area (Å²) in [6.45, 7) is 3.10. The molecule has 2 rings (SSSR count). The van der Waals surface area contributed by atoms with Gasteiger partial charge in [0.05, 0.1) is 12.0 Å². The highest BCUT2D eigenvalue weighted by molar-refractivity contribution is 6.35. The first-order chi connectivity index (χ1) is 9.88. The maximum atomic E-state index is 11.4. The fraction of sp³-hybridized carbons (Fsp3) is 0.533. The average molecular weight is 331 g/mol. The van der Waals surface area contributed by atoms with Gasteiger partial charge in [-0.05, 0) is 31.9 Å². The molecule has 3 N–H and O–H groups in total. The second kappa shape index (κ2) is 6.97. The molecule has 0 aromatic heterocycles. The van der Waals surface area contributed by atoms with Crippen molar-refractivity contribution in [1.82, 2.24) is 4.90 Å². The van der Waals surface area contributed by atoms with Crippen molar-refractivity contribution in [2.75, 3.05) is 13.1 Å². The Bertz CT molecular complexity index is 524. The summed E-state index contributed by atoms with van der Waals surface area (Å²) in [7, 11) is 0. The lowest BCUT2D eigenvalue weighted by Gasteiger charge is -2.38. The summed E-state index contributed by atoms with van der Waals surface area (Å²) in [6, 6.07) is 5.36. The molecule has 1 heterocycles. The Hall–Kier alpha value is -0.810. The lowest BCUT2D eigenvalue weighted by Crippen LogP contribution is -2.47.